The lowest BCUT2D eigenvalue weighted by Gasteiger charge is -2.15. The van der Waals surface area contributed by atoms with Crippen LogP contribution < -0.4 is 0 Å². The van der Waals surface area contributed by atoms with E-state index in [-0.39, 0.29) is 18.1 Å². The molecule has 3 rings (SSSR count). The van der Waals surface area contributed by atoms with Crippen molar-refractivity contribution in [2.75, 3.05) is 0 Å². The third-order valence-corrected chi connectivity index (χ3v) is 5.59. The number of carboxylic acids is 1. The van der Waals surface area contributed by atoms with Gasteiger partial charge >= 0.3 is 5.97 Å². The van der Waals surface area contributed by atoms with Crippen LogP contribution in [0.1, 0.15) is 68.9 Å². The highest BCUT2D eigenvalue weighted by atomic mass is 16.4. The fourth-order valence-electron chi connectivity index (χ4n) is 4.43. The Bertz CT molecular complexity index is 763. The van der Waals surface area contributed by atoms with Gasteiger partial charge in [-0.3, -0.25) is 9.59 Å². The van der Waals surface area contributed by atoms with Crippen molar-refractivity contribution in [3.8, 4) is 11.1 Å². The Balaban J connectivity index is 1.59. The number of Topliss-reactive ketones (excluding diaryl/α,β-unsaturated/α-hetero) is 1. The van der Waals surface area contributed by atoms with Crippen LogP contribution in [-0.4, -0.2) is 16.9 Å². The highest BCUT2D eigenvalue weighted by molar-refractivity contribution is 5.80. The van der Waals surface area contributed by atoms with Crippen LogP contribution in [0.4, 0.5) is 0 Å². The highest BCUT2D eigenvalue weighted by Crippen LogP contribution is 2.46. The predicted octanol–water partition coefficient (Wildman–Crippen LogP) is 5.82. The van der Waals surface area contributed by atoms with Gasteiger partial charge < -0.3 is 5.11 Å². The van der Waals surface area contributed by atoms with Crippen molar-refractivity contribution >= 4 is 11.8 Å². The van der Waals surface area contributed by atoms with Gasteiger partial charge in [0.2, 0.25) is 0 Å². The Morgan fingerprint density at radius 1 is 0.963 bits per heavy atom. The molecule has 0 heterocycles. The number of hydrogen-bond donors (Lipinski definition) is 1. The lowest BCUT2D eigenvalue weighted by atomic mass is 9.89. The molecule has 1 aliphatic carbocycles. The molecule has 0 radical (unpaired) electrons. The summed E-state index contributed by atoms with van der Waals surface area (Å²) in [4.78, 5) is 23.4. The molecule has 1 unspecified atom stereocenters. The maximum Gasteiger partial charge on any atom is 0.303 e. The molecular formula is C24H28O3. The summed E-state index contributed by atoms with van der Waals surface area (Å²) < 4.78 is 0. The van der Waals surface area contributed by atoms with E-state index in [1.54, 1.807) is 0 Å². The lowest BCUT2D eigenvalue weighted by molar-refractivity contribution is -0.138. The number of ketones is 1. The summed E-state index contributed by atoms with van der Waals surface area (Å²) >= 11 is 0. The third-order valence-electron chi connectivity index (χ3n) is 5.59. The van der Waals surface area contributed by atoms with Crippen molar-refractivity contribution in [2.45, 2.75) is 57.8 Å². The average Bonchev–Trinajstić information content (AvgIpc) is 2.96. The normalized spacial score (nSPS) is 13.8. The van der Waals surface area contributed by atoms with E-state index in [9.17, 15) is 9.59 Å². The number of carbonyl (C=O) groups excluding carboxylic acids is 1. The number of fused-ring (bicyclic) bond motifs is 3. The van der Waals surface area contributed by atoms with Gasteiger partial charge in [-0.05, 0) is 47.4 Å². The number of carbonyl (C=O) groups is 2. The first-order valence-corrected chi connectivity index (χ1v) is 10.0. The van der Waals surface area contributed by atoms with Crippen LogP contribution in [0.3, 0.4) is 0 Å². The minimum atomic E-state index is -0.805. The van der Waals surface area contributed by atoms with Gasteiger partial charge in [0.1, 0.15) is 5.78 Å². The zero-order chi connectivity index (χ0) is 19.2. The van der Waals surface area contributed by atoms with Gasteiger partial charge in [-0.2, -0.15) is 0 Å². The molecule has 3 nitrogen and oxygen atoms in total. The molecule has 0 saturated carbocycles. The molecule has 1 N–H and O–H groups in total. The maximum absolute atomic E-state index is 12.4. The molecule has 0 aromatic heterocycles. The van der Waals surface area contributed by atoms with Gasteiger partial charge in [0.15, 0.2) is 0 Å². The van der Waals surface area contributed by atoms with Crippen LogP contribution in [0.15, 0.2) is 48.5 Å². The second-order valence-electron chi connectivity index (χ2n) is 7.61. The molecule has 2 aromatic rings. The highest BCUT2D eigenvalue weighted by Gasteiger charge is 2.27. The first-order valence-electron chi connectivity index (χ1n) is 10.0. The first-order chi connectivity index (χ1) is 13.1. The lowest BCUT2D eigenvalue weighted by Crippen LogP contribution is -2.13. The van der Waals surface area contributed by atoms with E-state index in [1.165, 1.54) is 22.3 Å². The first kappa shape index (κ1) is 19.3. The average molecular weight is 364 g/mol. The molecule has 2 aromatic carbocycles. The second-order valence-corrected chi connectivity index (χ2v) is 7.61. The van der Waals surface area contributed by atoms with Crippen LogP contribution in [-0.2, 0) is 9.59 Å². The maximum atomic E-state index is 12.4. The largest absolute Gasteiger partial charge is 0.481 e. The van der Waals surface area contributed by atoms with Gasteiger partial charge in [0.05, 0.1) is 0 Å². The van der Waals surface area contributed by atoms with Crippen molar-refractivity contribution in [3.05, 3.63) is 59.7 Å². The molecule has 27 heavy (non-hydrogen) atoms. The molecule has 0 bridgehead atoms. The summed E-state index contributed by atoms with van der Waals surface area (Å²) in [6.45, 7) is 2.04. The van der Waals surface area contributed by atoms with Gasteiger partial charge in [-0.15, -0.1) is 0 Å². The number of aliphatic carboxylic acids is 1. The van der Waals surface area contributed by atoms with Crippen molar-refractivity contribution in [1.29, 1.82) is 0 Å². The zero-order valence-corrected chi connectivity index (χ0v) is 16.0. The summed E-state index contributed by atoms with van der Waals surface area (Å²) in [6.07, 6.45) is 4.57. The van der Waals surface area contributed by atoms with E-state index >= 15 is 0 Å². The van der Waals surface area contributed by atoms with Crippen LogP contribution >= 0.6 is 0 Å². The smallest absolute Gasteiger partial charge is 0.303 e. The molecule has 0 saturated heterocycles. The molecule has 1 aliphatic rings. The minimum Gasteiger partial charge on any atom is -0.481 e. The Kier molecular flexibility index (Phi) is 6.44. The quantitative estimate of drug-likeness (QED) is 0.578. The van der Waals surface area contributed by atoms with Crippen LogP contribution in [0.25, 0.3) is 11.1 Å². The van der Waals surface area contributed by atoms with E-state index in [0.717, 1.165) is 25.7 Å². The van der Waals surface area contributed by atoms with Gasteiger partial charge in [0.25, 0.3) is 0 Å². The summed E-state index contributed by atoms with van der Waals surface area (Å²) in [5.41, 5.74) is 5.35. The van der Waals surface area contributed by atoms with Gasteiger partial charge in [-0.25, -0.2) is 0 Å². The SMILES string of the molecule is CCCC(CC(=O)O)CC(=O)CCCC1c2ccccc2-c2ccccc21. The van der Waals surface area contributed by atoms with Crippen LogP contribution in [0.5, 0.6) is 0 Å². The van der Waals surface area contributed by atoms with Crippen LogP contribution in [0.2, 0.25) is 0 Å². The van der Waals surface area contributed by atoms with E-state index < -0.39 is 5.97 Å². The van der Waals surface area contributed by atoms with E-state index in [1.807, 2.05) is 6.92 Å². The van der Waals surface area contributed by atoms with Gasteiger partial charge in [0, 0.05) is 25.2 Å². The minimum absolute atomic E-state index is 0.0204. The Hall–Kier alpha value is -2.42. The van der Waals surface area contributed by atoms with E-state index in [2.05, 4.69) is 48.5 Å². The van der Waals surface area contributed by atoms with Crippen molar-refractivity contribution in [1.82, 2.24) is 0 Å². The molecule has 142 valence electrons. The predicted molar refractivity (Wildman–Crippen MR) is 108 cm³/mol. The van der Waals surface area contributed by atoms with Crippen LogP contribution in [0, 0.1) is 5.92 Å². The molecule has 0 spiro atoms. The van der Waals surface area contributed by atoms with E-state index in [4.69, 9.17) is 5.11 Å². The molecule has 0 amide bonds. The van der Waals surface area contributed by atoms with Crippen molar-refractivity contribution < 1.29 is 14.7 Å². The summed E-state index contributed by atoms with van der Waals surface area (Å²) in [5, 5.41) is 9.02. The third kappa shape index (κ3) is 4.65. The fraction of sp³-hybridized carbons (Fsp3) is 0.417. The Morgan fingerprint density at radius 2 is 1.56 bits per heavy atom. The summed E-state index contributed by atoms with van der Waals surface area (Å²) in [6, 6.07) is 17.1. The monoisotopic (exact) mass is 364 g/mol. The topological polar surface area (TPSA) is 54.4 Å². The molecule has 0 aliphatic heterocycles. The zero-order valence-electron chi connectivity index (χ0n) is 16.0. The van der Waals surface area contributed by atoms with Gasteiger partial charge in [-0.1, -0.05) is 61.9 Å². The van der Waals surface area contributed by atoms with E-state index in [0.29, 0.717) is 18.8 Å². The standard InChI is InChI=1S/C24H28O3/c1-2-8-17(16-24(26)27)15-18(25)9-7-14-23-21-12-5-3-10-19(21)20-11-4-6-13-22(20)23/h3-6,10-13,17,23H,2,7-9,14-16H2,1H3,(H,26,27). The Labute approximate surface area is 161 Å². The summed E-state index contributed by atoms with van der Waals surface area (Å²) in [5.74, 6) is -0.265. The Morgan fingerprint density at radius 3 is 2.11 bits per heavy atom. The fourth-order valence-corrected chi connectivity index (χ4v) is 4.43. The van der Waals surface area contributed by atoms with Crippen molar-refractivity contribution in [2.24, 2.45) is 5.92 Å². The number of hydrogen-bond acceptors (Lipinski definition) is 2. The van der Waals surface area contributed by atoms with Crippen molar-refractivity contribution in [3.63, 3.8) is 0 Å². The molecule has 3 heteroatoms. The molecule has 0 fully saturated rings. The number of rotatable bonds is 10. The summed E-state index contributed by atoms with van der Waals surface area (Å²) in [7, 11) is 0. The molecular weight excluding hydrogens is 336 g/mol. The number of carboxylic acid groups (broad SMARTS) is 1. The molecule has 1 atom stereocenters. The second kappa shape index (κ2) is 8.98. The number of benzene rings is 2.